The highest BCUT2D eigenvalue weighted by atomic mass is 31.2. The Morgan fingerprint density at radius 3 is 2.27 bits per heavy atom. The Morgan fingerprint density at radius 1 is 1.20 bits per heavy atom. The molecule has 15 heavy (non-hydrogen) atoms. The molecule has 3 heteroatoms. The molecule has 2 rings (SSSR count). The van der Waals surface area contributed by atoms with Crippen LogP contribution in [0, 0.1) is 0 Å². The van der Waals surface area contributed by atoms with Gasteiger partial charge in [-0.2, -0.15) is 0 Å². The second kappa shape index (κ2) is 3.33. The van der Waals surface area contributed by atoms with Crippen LogP contribution in [0.15, 0.2) is 41.7 Å². The smallest absolute Gasteiger partial charge is 0.257 e. The van der Waals surface area contributed by atoms with Gasteiger partial charge in [0.15, 0.2) is 0 Å². The number of allylic oxidation sites excluding steroid dienone is 1. The van der Waals surface area contributed by atoms with Gasteiger partial charge in [0, 0.05) is 10.6 Å². The van der Waals surface area contributed by atoms with E-state index in [9.17, 15) is 4.57 Å². The van der Waals surface area contributed by atoms with Crippen molar-refractivity contribution in [3.8, 4) is 0 Å². The van der Waals surface area contributed by atoms with Gasteiger partial charge in [-0.15, -0.1) is 0 Å². The summed E-state index contributed by atoms with van der Waals surface area (Å²) in [4.78, 5) is 0. The van der Waals surface area contributed by atoms with Crippen LogP contribution in [-0.2, 0) is 9.09 Å². The topological polar surface area (TPSA) is 26.3 Å². The molecular weight excluding hydrogens is 207 g/mol. The van der Waals surface area contributed by atoms with Crippen LogP contribution in [0.5, 0.6) is 0 Å². The Kier molecular flexibility index (Phi) is 2.37. The van der Waals surface area contributed by atoms with Crippen molar-refractivity contribution >= 4 is 12.7 Å². The van der Waals surface area contributed by atoms with Crippen LogP contribution >= 0.6 is 7.37 Å². The third-order valence-corrected chi connectivity index (χ3v) is 5.24. The highest BCUT2D eigenvalue weighted by Gasteiger charge is 2.40. The van der Waals surface area contributed by atoms with Crippen LogP contribution in [0.25, 0.3) is 0 Å². The van der Waals surface area contributed by atoms with Crippen LogP contribution in [-0.4, -0.2) is 5.60 Å². The SMILES string of the molecule is CC1=CC(C)(C)OP1(=O)c1ccccc1. The minimum absolute atomic E-state index is 0.421. The zero-order valence-electron chi connectivity index (χ0n) is 9.23. The van der Waals surface area contributed by atoms with E-state index in [1.807, 2.05) is 57.2 Å². The van der Waals surface area contributed by atoms with E-state index in [-0.39, 0.29) is 0 Å². The summed E-state index contributed by atoms with van der Waals surface area (Å²) in [5.41, 5.74) is -0.421. The molecule has 0 radical (unpaired) electrons. The van der Waals surface area contributed by atoms with Crippen LogP contribution in [0.4, 0.5) is 0 Å². The van der Waals surface area contributed by atoms with E-state index in [1.54, 1.807) is 0 Å². The first kappa shape index (κ1) is 10.7. The van der Waals surface area contributed by atoms with Crippen LogP contribution in [0.2, 0.25) is 0 Å². The van der Waals surface area contributed by atoms with E-state index < -0.39 is 13.0 Å². The molecule has 1 unspecified atom stereocenters. The zero-order chi connectivity index (χ0) is 11.1. The summed E-state index contributed by atoms with van der Waals surface area (Å²) >= 11 is 0. The standard InChI is InChI=1S/C12H15O2P/c1-10-9-12(2,3)14-15(10,13)11-7-5-4-6-8-11/h4-9H,1-3H3. The number of hydrogen-bond acceptors (Lipinski definition) is 2. The molecule has 2 nitrogen and oxygen atoms in total. The van der Waals surface area contributed by atoms with Crippen LogP contribution < -0.4 is 5.30 Å². The van der Waals surface area contributed by atoms with Crippen molar-refractivity contribution in [1.82, 2.24) is 0 Å². The molecule has 0 saturated carbocycles. The zero-order valence-corrected chi connectivity index (χ0v) is 10.1. The molecule has 0 aliphatic carbocycles. The molecule has 0 N–H and O–H groups in total. The van der Waals surface area contributed by atoms with Crippen molar-refractivity contribution in [1.29, 1.82) is 0 Å². The molecule has 1 aliphatic heterocycles. The average molecular weight is 222 g/mol. The fourth-order valence-electron chi connectivity index (χ4n) is 1.90. The lowest BCUT2D eigenvalue weighted by atomic mass is 10.1. The molecule has 1 heterocycles. The van der Waals surface area contributed by atoms with E-state index in [0.717, 1.165) is 10.6 Å². The number of hydrogen-bond donors (Lipinski definition) is 0. The monoisotopic (exact) mass is 222 g/mol. The van der Waals surface area contributed by atoms with E-state index in [0.29, 0.717) is 0 Å². The first-order valence-electron chi connectivity index (χ1n) is 5.00. The summed E-state index contributed by atoms with van der Waals surface area (Å²) in [6.07, 6.45) is 1.95. The highest BCUT2D eigenvalue weighted by Crippen LogP contribution is 2.61. The molecule has 0 fully saturated rings. The van der Waals surface area contributed by atoms with Gasteiger partial charge in [-0.25, -0.2) is 0 Å². The largest absolute Gasteiger partial charge is 0.312 e. The molecule has 0 saturated heterocycles. The molecule has 0 aromatic heterocycles. The van der Waals surface area contributed by atoms with Crippen molar-refractivity contribution in [2.75, 3.05) is 0 Å². The summed E-state index contributed by atoms with van der Waals surface area (Å²) in [6, 6.07) is 9.41. The first-order valence-corrected chi connectivity index (χ1v) is 6.63. The number of rotatable bonds is 1. The van der Waals surface area contributed by atoms with E-state index in [4.69, 9.17) is 4.52 Å². The Morgan fingerprint density at radius 2 is 1.80 bits per heavy atom. The molecular formula is C12H15O2P. The van der Waals surface area contributed by atoms with E-state index in [1.165, 1.54) is 0 Å². The second-order valence-electron chi connectivity index (χ2n) is 4.37. The lowest BCUT2D eigenvalue weighted by Gasteiger charge is -2.20. The summed E-state index contributed by atoms with van der Waals surface area (Å²) in [7, 11) is -2.77. The predicted octanol–water partition coefficient (Wildman–Crippen LogP) is 3.30. The number of benzene rings is 1. The Hall–Kier alpha value is -0.850. The van der Waals surface area contributed by atoms with Gasteiger partial charge in [0.1, 0.15) is 0 Å². The van der Waals surface area contributed by atoms with Gasteiger partial charge in [0.05, 0.1) is 5.60 Å². The molecule has 0 spiro atoms. The molecule has 1 aromatic rings. The van der Waals surface area contributed by atoms with Gasteiger partial charge >= 0.3 is 0 Å². The summed E-state index contributed by atoms with van der Waals surface area (Å²) in [5.74, 6) is 0. The molecule has 0 bridgehead atoms. The normalized spacial score (nSPS) is 28.9. The van der Waals surface area contributed by atoms with E-state index in [2.05, 4.69) is 0 Å². The van der Waals surface area contributed by atoms with Crippen molar-refractivity contribution in [2.45, 2.75) is 26.4 Å². The first-order chi connectivity index (χ1) is 6.94. The minimum atomic E-state index is -2.77. The van der Waals surface area contributed by atoms with Gasteiger partial charge in [-0.05, 0) is 39.0 Å². The van der Waals surface area contributed by atoms with Crippen molar-refractivity contribution in [3.63, 3.8) is 0 Å². The third-order valence-electron chi connectivity index (χ3n) is 2.48. The van der Waals surface area contributed by atoms with E-state index >= 15 is 0 Å². The minimum Gasteiger partial charge on any atom is -0.312 e. The predicted molar refractivity (Wildman–Crippen MR) is 62.6 cm³/mol. The van der Waals surface area contributed by atoms with Gasteiger partial charge in [-0.1, -0.05) is 18.2 Å². The fourth-order valence-corrected chi connectivity index (χ4v) is 4.32. The summed E-state index contributed by atoms with van der Waals surface area (Å²) in [6.45, 7) is 5.74. The molecule has 0 amide bonds. The second-order valence-corrected chi connectivity index (χ2v) is 6.87. The van der Waals surface area contributed by atoms with Crippen molar-refractivity contribution in [3.05, 3.63) is 41.7 Å². The lowest BCUT2D eigenvalue weighted by molar-refractivity contribution is 0.183. The molecule has 80 valence electrons. The maximum absolute atomic E-state index is 12.7. The Labute approximate surface area is 90.4 Å². The van der Waals surface area contributed by atoms with Gasteiger partial charge in [-0.3, -0.25) is 4.57 Å². The highest BCUT2D eigenvalue weighted by molar-refractivity contribution is 7.71. The third kappa shape index (κ3) is 1.80. The Bertz CT molecular complexity index is 446. The average Bonchev–Trinajstić information content (AvgIpc) is 2.38. The molecule has 1 aliphatic rings. The van der Waals surface area contributed by atoms with Gasteiger partial charge in [0.2, 0.25) is 0 Å². The van der Waals surface area contributed by atoms with Gasteiger partial charge < -0.3 is 4.52 Å². The molecule has 1 aromatic carbocycles. The molecule has 1 atom stereocenters. The van der Waals surface area contributed by atoms with Gasteiger partial charge in [0.25, 0.3) is 7.37 Å². The Balaban J connectivity index is 2.48. The summed E-state index contributed by atoms with van der Waals surface area (Å²) in [5, 5.41) is 1.63. The maximum atomic E-state index is 12.7. The van der Waals surface area contributed by atoms with Crippen LogP contribution in [0.3, 0.4) is 0 Å². The quantitative estimate of drug-likeness (QED) is 0.681. The fraction of sp³-hybridized carbons (Fsp3) is 0.333. The van der Waals surface area contributed by atoms with Crippen LogP contribution in [0.1, 0.15) is 20.8 Å². The van der Waals surface area contributed by atoms with Crippen molar-refractivity contribution in [2.24, 2.45) is 0 Å². The van der Waals surface area contributed by atoms with Crippen molar-refractivity contribution < 1.29 is 9.09 Å². The lowest BCUT2D eigenvalue weighted by Crippen LogP contribution is -2.17. The summed E-state index contributed by atoms with van der Waals surface area (Å²) < 4.78 is 18.4. The maximum Gasteiger partial charge on any atom is 0.257 e.